The zero-order valence-corrected chi connectivity index (χ0v) is 8.20. The van der Waals surface area contributed by atoms with Crippen LogP contribution >= 0.6 is 0 Å². The highest BCUT2D eigenvalue weighted by Crippen LogP contribution is 2.50. The summed E-state index contributed by atoms with van der Waals surface area (Å²) in [5.74, 6) is 0.896. The summed E-state index contributed by atoms with van der Waals surface area (Å²) < 4.78 is 1.90. The maximum atomic E-state index is 6.04. The van der Waals surface area contributed by atoms with Gasteiger partial charge in [0.1, 0.15) is 12.2 Å². The lowest BCUT2D eigenvalue weighted by molar-refractivity contribution is 0.437. The van der Waals surface area contributed by atoms with E-state index in [1.54, 1.807) is 6.33 Å². The number of nitrogens with two attached hydrogens (primary N) is 1. The van der Waals surface area contributed by atoms with Gasteiger partial charge in [0.2, 0.25) is 0 Å². The molecule has 0 aliphatic heterocycles. The fourth-order valence-corrected chi connectivity index (χ4v) is 1.67. The van der Waals surface area contributed by atoms with Crippen molar-refractivity contribution in [3.05, 3.63) is 12.2 Å². The quantitative estimate of drug-likeness (QED) is 0.755. The fourth-order valence-electron chi connectivity index (χ4n) is 1.67. The van der Waals surface area contributed by atoms with Gasteiger partial charge in [-0.2, -0.15) is 0 Å². The van der Waals surface area contributed by atoms with Gasteiger partial charge >= 0.3 is 0 Å². The number of rotatable bonds is 3. The molecular formula is C9H16N4. The van der Waals surface area contributed by atoms with E-state index in [0.29, 0.717) is 5.41 Å². The lowest BCUT2D eigenvalue weighted by atomic mass is 9.99. The molecule has 4 heteroatoms. The van der Waals surface area contributed by atoms with Crippen molar-refractivity contribution in [2.45, 2.75) is 32.2 Å². The van der Waals surface area contributed by atoms with Crippen LogP contribution in [0.2, 0.25) is 0 Å². The molecule has 1 fully saturated rings. The fraction of sp³-hybridized carbons (Fsp3) is 0.778. The summed E-state index contributed by atoms with van der Waals surface area (Å²) in [5.41, 5.74) is 6.52. The lowest BCUT2D eigenvalue weighted by Gasteiger charge is -2.14. The molecule has 1 atom stereocenters. The van der Waals surface area contributed by atoms with E-state index in [0.717, 1.165) is 12.2 Å². The van der Waals surface area contributed by atoms with E-state index in [1.807, 2.05) is 11.6 Å². The van der Waals surface area contributed by atoms with Crippen LogP contribution in [0.1, 0.15) is 38.1 Å². The summed E-state index contributed by atoms with van der Waals surface area (Å²) in [6.07, 6.45) is 5.33. The van der Waals surface area contributed by atoms with E-state index < -0.39 is 0 Å². The van der Waals surface area contributed by atoms with Gasteiger partial charge < -0.3 is 10.3 Å². The summed E-state index contributed by atoms with van der Waals surface area (Å²) in [6, 6.07) is 0.0417. The molecule has 1 aliphatic carbocycles. The van der Waals surface area contributed by atoms with Crippen molar-refractivity contribution in [2.75, 3.05) is 0 Å². The van der Waals surface area contributed by atoms with Gasteiger partial charge in [0.15, 0.2) is 0 Å². The van der Waals surface area contributed by atoms with Crippen molar-refractivity contribution in [1.29, 1.82) is 0 Å². The van der Waals surface area contributed by atoms with Gasteiger partial charge in [0, 0.05) is 7.05 Å². The van der Waals surface area contributed by atoms with Crippen molar-refractivity contribution in [1.82, 2.24) is 14.8 Å². The van der Waals surface area contributed by atoms with Crippen LogP contribution in [0.15, 0.2) is 6.33 Å². The van der Waals surface area contributed by atoms with Gasteiger partial charge in [0.25, 0.3) is 0 Å². The van der Waals surface area contributed by atoms with E-state index >= 15 is 0 Å². The Labute approximate surface area is 78.1 Å². The van der Waals surface area contributed by atoms with Crippen LogP contribution in [0.5, 0.6) is 0 Å². The second-order valence-corrected chi connectivity index (χ2v) is 4.42. The molecule has 4 nitrogen and oxygen atoms in total. The second kappa shape index (κ2) is 2.80. The minimum Gasteiger partial charge on any atom is -0.321 e. The average Bonchev–Trinajstić information content (AvgIpc) is 2.63. The van der Waals surface area contributed by atoms with Crippen LogP contribution < -0.4 is 5.73 Å². The third kappa shape index (κ3) is 1.72. The van der Waals surface area contributed by atoms with E-state index in [-0.39, 0.29) is 6.04 Å². The highest BCUT2D eigenvalue weighted by atomic mass is 15.3. The number of aryl methyl sites for hydroxylation is 1. The first kappa shape index (κ1) is 8.69. The van der Waals surface area contributed by atoms with Gasteiger partial charge in [0.05, 0.1) is 6.04 Å². The molecular weight excluding hydrogens is 164 g/mol. The first-order valence-electron chi connectivity index (χ1n) is 4.70. The van der Waals surface area contributed by atoms with Crippen molar-refractivity contribution >= 4 is 0 Å². The summed E-state index contributed by atoms with van der Waals surface area (Å²) >= 11 is 0. The first-order chi connectivity index (χ1) is 6.11. The average molecular weight is 180 g/mol. The van der Waals surface area contributed by atoms with Gasteiger partial charge in [-0.25, -0.2) is 0 Å². The molecule has 2 N–H and O–H groups in total. The van der Waals surface area contributed by atoms with Gasteiger partial charge in [-0.05, 0) is 24.7 Å². The number of hydrogen-bond acceptors (Lipinski definition) is 3. The van der Waals surface area contributed by atoms with Crippen molar-refractivity contribution in [2.24, 2.45) is 18.2 Å². The monoisotopic (exact) mass is 180 g/mol. The Kier molecular flexibility index (Phi) is 1.87. The lowest BCUT2D eigenvalue weighted by Crippen LogP contribution is -2.18. The summed E-state index contributed by atoms with van der Waals surface area (Å²) in [6.45, 7) is 2.28. The predicted molar refractivity (Wildman–Crippen MR) is 49.9 cm³/mol. The van der Waals surface area contributed by atoms with Gasteiger partial charge in [-0.3, -0.25) is 0 Å². The molecule has 1 aliphatic rings. The second-order valence-electron chi connectivity index (χ2n) is 4.42. The van der Waals surface area contributed by atoms with E-state index in [2.05, 4.69) is 17.1 Å². The Morgan fingerprint density at radius 1 is 1.69 bits per heavy atom. The Balaban J connectivity index is 2.05. The molecule has 0 radical (unpaired) electrons. The van der Waals surface area contributed by atoms with Crippen LogP contribution in [-0.4, -0.2) is 14.8 Å². The summed E-state index contributed by atoms with van der Waals surface area (Å²) in [5, 5.41) is 7.84. The molecule has 72 valence electrons. The van der Waals surface area contributed by atoms with Crippen LogP contribution in [0.4, 0.5) is 0 Å². The van der Waals surface area contributed by atoms with Gasteiger partial charge in [-0.1, -0.05) is 6.92 Å². The van der Waals surface area contributed by atoms with Crippen molar-refractivity contribution in [3.63, 3.8) is 0 Å². The standard InChI is InChI=1S/C9H16N4/c1-9(3-4-9)5-7(10)8-12-11-6-13(8)2/h6-7H,3-5,10H2,1-2H3. The summed E-state index contributed by atoms with van der Waals surface area (Å²) in [7, 11) is 1.93. The van der Waals surface area contributed by atoms with E-state index in [1.165, 1.54) is 12.8 Å². The van der Waals surface area contributed by atoms with Crippen LogP contribution in [0, 0.1) is 5.41 Å². The molecule has 2 rings (SSSR count). The molecule has 0 spiro atoms. The summed E-state index contributed by atoms with van der Waals surface area (Å²) in [4.78, 5) is 0. The largest absolute Gasteiger partial charge is 0.321 e. The van der Waals surface area contributed by atoms with E-state index in [4.69, 9.17) is 5.73 Å². The van der Waals surface area contributed by atoms with Crippen LogP contribution in [0.25, 0.3) is 0 Å². The maximum Gasteiger partial charge on any atom is 0.149 e. The Morgan fingerprint density at radius 2 is 2.38 bits per heavy atom. The Hall–Kier alpha value is -0.900. The highest BCUT2D eigenvalue weighted by Gasteiger charge is 2.39. The maximum absolute atomic E-state index is 6.04. The highest BCUT2D eigenvalue weighted by molar-refractivity contribution is 4.99. The topological polar surface area (TPSA) is 56.7 Å². The SMILES string of the molecule is Cn1cnnc1C(N)CC1(C)CC1. The first-order valence-corrected chi connectivity index (χ1v) is 4.70. The van der Waals surface area contributed by atoms with Crippen molar-refractivity contribution in [3.8, 4) is 0 Å². The number of hydrogen-bond donors (Lipinski definition) is 1. The molecule has 0 saturated heterocycles. The normalized spacial score (nSPS) is 21.5. The number of nitrogens with zero attached hydrogens (tertiary/aromatic N) is 3. The third-order valence-corrected chi connectivity index (χ3v) is 2.89. The molecule has 1 heterocycles. The Morgan fingerprint density at radius 3 is 2.85 bits per heavy atom. The molecule has 0 bridgehead atoms. The predicted octanol–water partition coefficient (Wildman–Crippen LogP) is 1.01. The van der Waals surface area contributed by atoms with E-state index in [9.17, 15) is 0 Å². The molecule has 13 heavy (non-hydrogen) atoms. The molecule has 1 unspecified atom stereocenters. The smallest absolute Gasteiger partial charge is 0.149 e. The Bertz CT molecular complexity index is 300. The van der Waals surface area contributed by atoms with Gasteiger partial charge in [-0.15, -0.1) is 10.2 Å². The third-order valence-electron chi connectivity index (χ3n) is 2.89. The zero-order valence-electron chi connectivity index (χ0n) is 8.20. The molecule has 1 aromatic heterocycles. The molecule has 1 aromatic rings. The molecule has 1 saturated carbocycles. The number of aromatic nitrogens is 3. The minimum absolute atomic E-state index is 0.0417. The minimum atomic E-state index is 0.0417. The van der Waals surface area contributed by atoms with Crippen LogP contribution in [0.3, 0.4) is 0 Å². The van der Waals surface area contributed by atoms with Crippen molar-refractivity contribution < 1.29 is 0 Å². The molecule has 0 amide bonds. The molecule has 0 aromatic carbocycles. The van der Waals surface area contributed by atoms with Crippen LogP contribution in [-0.2, 0) is 7.05 Å². The zero-order chi connectivity index (χ0) is 9.47.